The highest BCUT2D eigenvalue weighted by atomic mass is 16.5. The van der Waals surface area contributed by atoms with Crippen molar-refractivity contribution in [2.45, 2.75) is 59.3 Å². The zero-order chi connectivity index (χ0) is 28.9. The van der Waals surface area contributed by atoms with Gasteiger partial charge in [-0.15, -0.1) is 0 Å². The van der Waals surface area contributed by atoms with E-state index in [1.807, 2.05) is 64.2 Å². The van der Waals surface area contributed by atoms with Crippen LogP contribution in [0.5, 0.6) is 5.75 Å². The SMILES string of the molecule is CC(=O)C(OC(C)(C)C)c1c(C)cc2c(ccc(=O)n2Cc2cnccn2)c1-c1ccc2c3c(ccnc13)CCO2. The quantitative estimate of drug-likeness (QED) is 0.267. The summed E-state index contributed by atoms with van der Waals surface area (Å²) in [6, 6.07) is 11.4. The normalized spacial score (nSPS) is 13.8. The third-order valence-corrected chi connectivity index (χ3v) is 7.42. The molecule has 1 aliphatic rings. The van der Waals surface area contributed by atoms with Crippen molar-refractivity contribution >= 4 is 27.6 Å². The van der Waals surface area contributed by atoms with Crippen LogP contribution < -0.4 is 10.3 Å². The molecule has 4 heterocycles. The molecule has 8 heteroatoms. The topological polar surface area (TPSA) is 96.2 Å². The number of rotatable bonds is 6. The lowest BCUT2D eigenvalue weighted by atomic mass is 9.85. The minimum Gasteiger partial charge on any atom is -0.493 e. The molecule has 0 aliphatic carbocycles. The van der Waals surface area contributed by atoms with Crippen molar-refractivity contribution in [1.82, 2.24) is 19.5 Å². The van der Waals surface area contributed by atoms with Crippen LogP contribution in [0, 0.1) is 6.92 Å². The highest BCUT2D eigenvalue weighted by Gasteiger charge is 2.31. The Morgan fingerprint density at radius 2 is 1.93 bits per heavy atom. The number of carbonyl (C=O) groups excluding carboxylic acids is 1. The van der Waals surface area contributed by atoms with Crippen LogP contribution in [0.15, 0.2) is 66.0 Å². The van der Waals surface area contributed by atoms with Gasteiger partial charge in [-0.25, -0.2) is 0 Å². The molecule has 1 aliphatic heterocycles. The fraction of sp³-hybridized carbons (Fsp3) is 0.303. The van der Waals surface area contributed by atoms with Gasteiger partial charge in [-0.3, -0.25) is 24.5 Å². The number of benzene rings is 2. The molecule has 0 N–H and O–H groups in total. The summed E-state index contributed by atoms with van der Waals surface area (Å²) in [6.45, 7) is 10.2. The maximum Gasteiger partial charge on any atom is 0.251 e. The van der Waals surface area contributed by atoms with Crippen molar-refractivity contribution in [3.05, 3.63) is 93.9 Å². The van der Waals surface area contributed by atoms with E-state index in [1.165, 1.54) is 5.56 Å². The number of nitrogens with zero attached hydrogens (tertiary/aromatic N) is 4. The number of Topliss-reactive ketones (excluding diaryl/α,β-unsaturated/α-hetero) is 1. The number of hydrogen-bond donors (Lipinski definition) is 0. The van der Waals surface area contributed by atoms with Gasteiger partial charge in [0, 0.05) is 47.4 Å². The van der Waals surface area contributed by atoms with E-state index in [2.05, 4.69) is 9.97 Å². The Hall–Kier alpha value is -4.43. The minimum absolute atomic E-state index is 0.101. The van der Waals surface area contributed by atoms with Crippen LogP contribution in [0.4, 0.5) is 0 Å². The molecule has 0 radical (unpaired) electrons. The first-order valence-corrected chi connectivity index (χ1v) is 13.8. The molecule has 6 rings (SSSR count). The third-order valence-electron chi connectivity index (χ3n) is 7.42. The van der Waals surface area contributed by atoms with Crippen LogP contribution in [0.25, 0.3) is 32.9 Å². The molecule has 0 bridgehead atoms. The number of pyridine rings is 2. The smallest absolute Gasteiger partial charge is 0.251 e. The Labute approximate surface area is 238 Å². The molecule has 0 saturated heterocycles. The summed E-state index contributed by atoms with van der Waals surface area (Å²) in [7, 11) is 0. The third kappa shape index (κ3) is 4.89. The first-order chi connectivity index (χ1) is 19.6. The van der Waals surface area contributed by atoms with Crippen molar-refractivity contribution in [2.75, 3.05) is 6.61 Å². The summed E-state index contributed by atoms with van der Waals surface area (Å²) in [5, 5.41) is 1.79. The maximum absolute atomic E-state index is 13.3. The van der Waals surface area contributed by atoms with Crippen LogP contribution in [0.2, 0.25) is 0 Å². The van der Waals surface area contributed by atoms with E-state index in [9.17, 15) is 9.59 Å². The Kier molecular flexibility index (Phi) is 6.66. The lowest BCUT2D eigenvalue weighted by Gasteiger charge is -2.30. The molecular formula is C33H32N4O4. The molecule has 1 unspecified atom stereocenters. The zero-order valence-electron chi connectivity index (χ0n) is 23.9. The molecule has 3 aromatic heterocycles. The van der Waals surface area contributed by atoms with Crippen LogP contribution in [-0.2, 0) is 22.5 Å². The number of carbonyl (C=O) groups is 1. The minimum atomic E-state index is -0.822. The summed E-state index contributed by atoms with van der Waals surface area (Å²) >= 11 is 0. The van der Waals surface area contributed by atoms with E-state index in [-0.39, 0.29) is 17.9 Å². The summed E-state index contributed by atoms with van der Waals surface area (Å²) in [5.74, 6) is 0.695. The van der Waals surface area contributed by atoms with Gasteiger partial charge in [0.1, 0.15) is 11.9 Å². The van der Waals surface area contributed by atoms with Gasteiger partial charge in [0.2, 0.25) is 0 Å². The number of fused-ring (bicyclic) bond motifs is 1. The maximum atomic E-state index is 13.3. The zero-order valence-corrected chi connectivity index (χ0v) is 23.9. The summed E-state index contributed by atoms with van der Waals surface area (Å²) in [5.41, 5.74) is 5.91. The average Bonchev–Trinajstić information content (AvgIpc) is 2.94. The summed E-state index contributed by atoms with van der Waals surface area (Å²) in [6.07, 6.45) is 6.67. The number of aryl methyl sites for hydroxylation is 1. The van der Waals surface area contributed by atoms with E-state index in [4.69, 9.17) is 14.5 Å². The predicted octanol–water partition coefficient (Wildman–Crippen LogP) is 5.74. The Morgan fingerprint density at radius 3 is 2.66 bits per heavy atom. The summed E-state index contributed by atoms with van der Waals surface area (Å²) < 4.78 is 14.1. The molecule has 0 fully saturated rings. The number of hydrogen-bond acceptors (Lipinski definition) is 7. The van der Waals surface area contributed by atoms with Gasteiger partial charge >= 0.3 is 0 Å². The van der Waals surface area contributed by atoms with Crippen LogP contribution in [0.3, 0.4) is 0 Å². The standard InChI is InChI=1S/C33H32N4O4/c1-19-16-25-23(7-9-27(39)37(25)18-22-17-34-13-14-35-22)30(28(19)32(20(2)38)41-33(3,4)5)24-6-8-26-29-21(11-15-40-26)10-12-36-31(24)29/h6-10,12-14,16-17,32H,11,15,18H2,1-5H3. The van der Waals surface area contributed by atoms with E-state index in [1.54, 1.807) is 36.1 Å². The largest absolute Gasteiger partial charge is 0.493 e. The molecule has 1 atom stereocenters. The fourth-order valence-corrected chi connectivity index (χ4v) is 5.75. The van der Waals surface area contributed by atoms with Crippen LogP contribution in [-0.4, -0.2) is 37.5 Å². The van der Waals surface area contributed by atoms with Crippen molar-refractivity contribution < 1.29 is 14.3 Å². The van der Waals surface area contributed by atoms with Gasteiger partial charge in [0.25, 0.3) is 5.56 Å². The van der Waals surface area contributed by atoms with E-state index < -0.39 is 11.7 Å². The molecule has 0 saturated carbocycles. The first-order valence-electron chi connectivity index (χ1n) is 13.8. The lowest BCUT2D eigenvalue weighted by molar-refractivity contribution is -0.138. The van der Waals surface area contributed by atoms with Crippen LogP contribution in [0.1, 0.15) is 56.2 Å². The average molecular weight is 549 g/mol. The first kappa shape index (κ1) is 26.8. The lowest BCUT2D eigenvalue weighted by Crippen LogP contribution is -2.27. The molecular weight excluding hydrogens is 516 g/mol. The van der Waals surface area contributed by atoms with Crippen LogP contribution >= 0.6 is 0 Å². The van der Waals surface area contributed by atoms with Gasteiger partial charge in [-0.05, 0) is 87.2 Å². The Morgan fingerprint density at radius 1 is 1.10 bits per heavy atom. The molecule has 2 aromatic carbocycles. The second-order valence-electron chi connectivity index (χ2n) is 11.5. The van der Waals surface area contributed by atoms with Crippen molar-refractivity contribution in [1.29, 1.82) is 0 Å². The molecule has 5 aromatic rings. The van der Waals surface area contributed by atoms with Gasteiger partial charge in [-0.2, -0.15) is 0 Å². The van der Waals surface area contributed by atoms with Crippen molar-refractivity contribution in [3.63, 3.8) is 0 Å². The van der Waals surface area contributed by atoms with E-state index in [0.717, 1.165) is 56.2 Å². The predicted molar refractivity (Wildman–Crippen MR) is 158 cm³/mol. The number of ketones is 1. The summed E-state index contributed by atoms with van der Waals surface area (Å²) in [4.78, 5) is 39.9. The highest BCUT2D eigenvalue weighted by Crippen LogP contribution is 2.45. The fourth-order valence-electron chi connectivity index (χ4n) is 5.75. The Bertz CT molecular complexity index is 1860. The monoisotopic (exact) mass is 548 g/mol. The number of aromatic nitrogens is 4. The van der Waals surface area contributed by atoms with Crippen molar-refractivity contribution in [3.8, 4) is 16.9 Å². The van der Waals surface area contributed by atoms with Crippen molar-refractivity contribution in [2.24, 2.45) is 0 Å². The molecule has 208 valence electrons. The van der Waals surface area contributed by atoms with E-state index in [0.29, 0.717) is 12.3 Å². The van der Waals surface area contributed by atoms with Gasteiger partial charge in [0.05, 0.1) is 41.7 Å². The second kappa shape index (κ2) is 10.2. The van der Waals surface area contributed by atoms with Gasteiger partial charge in [0.15, 0.2) is 5.78 Å². The van der Waals surface area contributed by atoms with E-state index >= 15 is 0 Å². The second-order valence-corrected chi connectivity index (χ2v) is 11.5. The molecule has 8 nitrogen and oxygen atoms in total. The molecule has 0 spiro atoms. The Balaban J connectivity index is 1.73. The highest BCUT2D eigenvalue weighted by molar-refractivity contribution is 6.08. The number of ether oxygens (including phenoxy) is 2. The molecule has 0 amide bonds. The van der Waals surface area contributed by atoms with Gasteiger partial charge < -0.3 is 14.0 Å². The van der Waals surface area contributed by atoms with Gasteiger partial charge in [-0.1, -0.05) is 0 Å². The molecule has 41 heavy (non-hydrogen) atoms.